The fraction of sp³-hybridized carbons (Fsp3) is 0.0208. The summed E-state index contributed by atoms with van der Waals surface area (Å²) >= 11 is 1.81. The number of hydrogen-bond acceptors (Lipinski definition) is 7. The Hall–Kier alpha value is -7.09. The average molecular weight is 725 g/mol. The third-order valence-corrected chi connectivity index (χ3v) is 10.9. The molecule has 1 aliphatic heterocycles. The van der Waals surface area contributed by atoms with Crippen molar-refractivity contribution in [2.75, 3.05) is 0 Å². The van der Waals surface area contributed by atoms with Crippen LogP contribution >= 0.6 is 11.3 Å². The van der Waals surface area contributed by atoms with E-state index in [2.05, 4.69) is 121 Å². The zero-order valence-corrected chi connectivity index (χ0v) is 30.4. The zero-order valence-electron chi connectivity index (χ0n) is 29.5. The van der Waals surface area contributed by atoms with Crippen LogP contribution in [-0.4, -0.2) is 26.6 Å². The number of aromatic nitrogens is 3. The zero-order chi connectivity index (χ0) is 36.6. The van der Waals surface area contributed by atoms with Gasteiger partial charge in [0.1, 0.15) is 12.0 Å². The molecule has 0 spiro atoms. The molecule has 2 aromatic heterocycles. The minimum absolute atomic E-state index is 0.341. The molecule has 1 aliphatic rings. The maximum Gasteiger partial charge on any atom is 0.164 e. The van der Waals surface area contributed by atoms with Gasteiger partial charge in [-0.3, -0.25) is 0 Å². The molecule has 0 bridgehead atoms. The van der Waals surface area contributed by atoms with E-state index in [0.29, 0.717) is 23.3 Å². The number of benzene rings is 7. The van der Waals surface area contributed by atoms with Gasteiger partial charge in [-0.1, -0.05) is 158 Å². The Morgan fingerprint density at radius 1 is 0.400 bits per heavy atom. The molecule has 3 heterocycles. The number of nitrogens with one attached hydrogen (secondary N) is 1. The molecule has 9 aromatic rings. The summed E-state index contributed by atoms with van der Waals surface area (Å²) < 4.78 is 2.51. The third-order valence-electron chi connectivity index (χ3n) is 9.78. The predicted octanol–water partition coefficient (Wildman–Crippen LogP) is 11.4. The number of amidine groups is 2. The number of hydrogen-bond donors (Lipinski definition) is 1. The Morgan fingerprint density at radius 2 is 0.927 bits per heavy atom. The van der Waals surface area contributed by atoms with Gasteiger partial charge in [0, 0.05) is 48.0 Å². The second-order valence-corrected chi connectivity index (χ2v) is 14.5. The normalized spacial score (nSPS) is 14.0. The number of aliphatic imine (C=N–C) groups is 2. The highest BCUT2D eigenvalue weighted by atomic mass is 32.1. The molecule has 1 N–H and O–H groups in total. The molecule has 55 heavy (non-hydrogen) atoms. The Bertz CT molecular complexity index is 2900. The highest BCUT2D eigenvalue weighted by Crippen LogP contribution is 2.36. The summed E-state index contributed by atoms with van der Waals surface area (Å²) in [5.41, 5.74) is 7.84. The van der Waals surface area contributed by atoms with Crippen molar-refractivity contribution in [1.29, 1.82) is 0 Å². The van der Waals surface area contributed by atoms with E-state index in [9.17, 15) is 0 Å². The van der Waals surface area contributed by atoms with Crippen LogP contribution in [0.3, 0.4) is 0 Å². The van der Waals surface area contributed by atoms with Gasteiger partial charge in [-0.2, -0.15) is 0 Å². The number of rotatable bonds is 7. The van der Waals surface area contributed by atoms with Gasteiger partial charge in [-0.05, 0) is 41.0 Å². The lowest BCUT2D eigenvalue weighted by Crippen LogP contribution is -2.33. The van der Waals surface area contributed by atoms with Gasteiger partial charge in [0.15, 0.2) is 23.3 Å². The molecule has 7 aromatic carbocycles. The molecule has 1 atom stereocenters. The monoisotopic (exact) mass is 724 g/mol. The summed E-state index contributed by atoms with van der Waals surface area (Å²) in [5.74, 6) is 3.19. The SMILES string of the molecule is c1ccc(C2=NC(c3cccc(-c4nc(-c5ccccc5)nc(-c5cccc(-c6ccccc6)c5)n4)c3)=NC(c3ccc4c(c3)sc3ccccc34)N2)cc1. The van der Waals surface area contributed by atoms with E-state index < -0.39 is 0 Å². The van der Waals surface area contributed by atoms with E-state index in [1.807, 2.05) is 66.7 Å². The number of thiophene rings is 1. The lowest BCUT2D eigenvalue weighted by Gasteiger charge is -2.24. The first-order chi connectivity index (χ1) is 27.2. The van der Waals surface area contributed by atoms with E-state index in [1.165, 1.54) is 20.2 Å². The molecular weight excluding hydrogens is 693 g/mol. The van der Waals surface area contributed by atoms with Crippen LogP contribution < -0.4 is 5.32 Å². The van der Waals surface area contributed by atoms with Crippen molar-refractivity contribution in [1.82, 2.24) is 20.3 Å². The number of fused-ring (bicyclic) bond motifs is 3. The molecule has 1 unspecified atom stereocenters. The minimum atomic E-state index is -0.341. The maximum atomic E-state index is 5.23. The van der Waals surface area contributed by atoms with Crippen molar-refractivity contribution in [2.24, 2.45) is 9.98 Å². The molecule has 7 heteroatoms. The Labute approximate surface area is 322 Å². The standard InChI is InChI=1S/C48H32N6S/c1-4-14-31(15-5-1)34-20-12-21-35(28-34)45-49-43(32-16-6-2-7-17-32)50-46(53-45)36-22-13-23-37(29-36)47-51-44(33-18-8-3-9-19-33)52-48(54-47)38-26-27-40-39-24-10-11-25-41(39)55-42(40)30-38/h1-30,48H,(H,51,52,54). The van der Waals surface area contributed by atoms with Crippen LogP contribution in [0, 0.1) is 0 Å². The van der Waals surface area contributed by atoms with Gasteiger partial charge in [0.25, 0.3) is 0 Å². The predicted molar refractivity (Wildman–Crippen MR) is 226 cm³/mol. The van der Waals surface area contributed by atoms with E-state index >= 15 is 0 Å². The van der Waals surface area contributed by atoms with Crippen LogP contribution in [0.4, 0.5) is 0 Å². The Morgan fingerprint density at radius 3 is 1.64 bits per heavy atom. The lowest BCUT2D eigenvalue weighted by molar-refractivity contribution is 0.675. The van der Waals surface area contributed by atoms with Crippen LogP contribution in [0.15, 0.2) is 192 Å². The Balaban J connectivity index is 1.08. The molecule has 0 aliphatic carbocycles. The second-order valence-electron chi connectivity index (χ2n) is 13.4. The summed E-state index contributed by atoms with van der Waals surface area (Å²) in [4.78, 5) is 25.4. The van der Waals surface area contributed by atoms with Crippen LogP contribution in [0.25, 0.3) is 65.5 Å². The quantitative estimate of drug-likeness (QED) is 0.178. The minimum Gasteiger partial charge on any atom is -0.344 e. The van der Waals surface area contributed by atoms with Crippen molar-refractivity contribution in [3.05, 3.63) is 199 Å². The van der Waals surface area contributed by atoms with Crippen LogP contribution in [-0.2, 0) is 0 Å². The molecule has 0 saturated heterocycles. The third kappa shape index (κ3) is 6.47. The molecule has 6 nitrogen and oxygen atoms in total. The van der Waals surface area contributed by atoms with E-state index in [-0.39, 0.29) is 6.17 Å². The largest absolute Gasteiger partial charge is 0.344 e. The summed E-state index contributed by atoms with van der Waals surface area (Å²) in [6.45, 7) is 0. The smallest absolute Gasteiger partial charge is 0.164 e. The van der Waals surface area contributed by atoms with Crippen molar-refractivity contribution >= 4 is 43.2 Å². The molecule has 10 rings (SSSR count). The van der Waals surface area contributed by atoms with Crippen LogP contribution in [0.2, 0.25) is 0 Å². The summed E-state index contributed by atoms with van der Waals surface area (Å²) in [6, 6.07) is 62.4. The molecule has 260 valence electrons. The average Bonchev–Trinajstić information content (AvgIpc) is 3.65. The summed E-state index contributed by atoms with van der Waals surface area (Å²) in [5, 5.41) is 6.17. The molecule has 0 amide bonds. The van der Waals surface area contributed by atoms with Gasteiger partial charge < -0.3 is 5.32 Å². The maximum absolute atomic E-state index is 5.23. The fourth-order valence-corrected chi connectivity index (χ4v) is 8.18. The van der Waals surface area contributed by atoms with Crippen LogP contribution in [0.1, 0.15) is 22.9 Å². The van der Waals surface area contributed by atoms with Gasteiger partial charge in [-0.25, -0.2) is 24.9 Å². The van der Waals surface area contributed by atoms with Gasteiger partial charge >= 0.3 is 0 Å². The van der Waals surface area contributed by atoms with E-state index in [4.69, 9.17) is 24.9 Å². The first-order valence-electron chi connectivity index (χ1n) is 18.2. The first-order valence-corrected chi connectivity index (χ1v) is 19.0. The highest BCUT2D eigenvalue weighted by molar-refractivity contribution is 7.25. The van der Waals surface area contributed by atoms with Crippen molar-refractivity contribution in [3.8, 4) is 45.3 Å². The lowest BCUT2D eigenvalue weighted by atomic mass is 10.0. The Kier molecular flexibility index (Phi) is 8.31. The van der Waals surface area contributed by atoms with Crippen molar-refractivity contribution in [3.63, 3.8) is 0 Å². The van der Waals surface area contributed by atoms with Crippen molar-refractivity contribution < 1.29 is 0 Å². The first kappa shape index (κ1) is 32.6. The van der Waals surface area contributed by atoms with Gasteiger partial charge in [0.05, 0.1) is 0 Å². The topological polar surface area (TPSA) is 75.4 Å². The second kappa shape index (κ2) is 14.0. The van der Waals surface area contributed by atoms with Crippen molar-refractivity contribution in [2.45, 2.75) is 6.17 Å². The van der Waals surface area contributed by atoms with Crippen LogP contribution in [0.5, 0.6) is 0 Å². The molecule has 0 radical (unpaired) electrons. The van der Waals surface area contributed by atoms with E-state index in [0.717, 1.165) is 50.3 Å². The fourth-order valence-electron chi connectivity index (χ4n) is 7.02. The summed E-state index contributed by atoms with van der Waals surface area (Å²) in [7, 11) is 0. The molecule has 0 fully saturated rings. The summed E-state index contributed by atoms with van der Waals surface area (Å²) in [6.07, 6.45) is -0.341. The highest BCUT2D eigenvalue weighted by Gasteiger charge is 2.23. The molecule has 0 saturated carbocycles. The van der Waals surface area contributed by atoms with Gasteiger partial charge in [-0.15, -0.1) is 11.3 Å². The van der Waals surface area contributed by atoms with Gasteiger partial charge in [0.2, 0.25) is 0 Å². The number of nitrogens with zero attached hydrogens (tertiary/aromatic N) is 5. The van der Waals surface area contributed by atoms with E-state index in [1.54, 1.807) is 11.3 Å². The molecular formula is C48H32N6S.